The van der Waals surface area contributed by atoms with Crippen molar-refractivity contribution in [1.82, 2.24) is 15.6 Å². The smallest absolute Gasteiger partial charge is 0.378 e. The number of morpholine rings is 1. The fourth-order valence-electron chi connectivity index (χ4n) is 2.90. The Hall–Kier alpha value is -1.67. The average Bonchev–Trinajstić information content (AvgIpc) is 3.20. The molecule has 0 spiro atoms. The molecule has 6 nitrogen and oxygen atoms in total. The molecule has 3 rings (SSSR count). The van der Waals surface area contributed by atoms with Crippen LogP contribution in [-0.4, -0.2) is 43.8 Å². The molecule has 1 aliphatic heterocycles. The third-order valence-corrected chi connectivity index (χ3v) is 5.23. The number of anilines is 1. The van der Waals surface area contributed by atoms with Gasteiger partial charge in [0.2, 0.25) is 0 Å². The maximum Gasteiger partial charge on any atom is 0.434 e. The Morgan fingerprint density at radius 2 is 2.00 bits per heavy atom. The van der Waals surface area contributed by atoms with E-state index in [-0.39, 0.29) is 42.9 Å². The number of rotatable bonds is 6. The second kappa shape index (κ2) is 11.8. The predicted molar refractivity (Wildman–Crippen MR) is 124 cm³/mol. The highest BCUT2D eigenvalue weighted by Gasteiger charge is 2.33. The first-order valence-electron chi connectivity index (χ1n) is 9.51. The molecule has 1 aromatic carbocycles. The van der Waals surface area contributed by atoms with Gasteiger partial charge in [0, 0.05) is 25.0 Å². The second-order valence-corrected chi connectivity index (χ2v) is 7.50. The summed E-state index contributed by atoms with van der Waals surface area (Å²) in [7, 11) is 0. The molecule has 2 heterocycles. The van der Waals surface area contributed by atoms with Gasteiger partial charge in [0.05, 0.1) is 32.0 Å². The first kappa shape index (κ1) is 25.6. The van der Waals surface area contributed by atoms with Crippen molar-refractivity contribution >= 4 is 47.0 Å². The normalized spacial score (nSPS) is 14.9. The maximum absolute atomic E-state index is 14.5. The van der Waals surface area contributed by atoms with Crippen molar-refractivity contribution in [2.45, 2.75) is 26.2 Å². The van der Waals surface area contributed by atoms with Crippen LogP contribution in [0.5, 0.6) is 0 Å². The van der Waals surface area contributed by atoms with Crippen LogP contribution in [-0.2, 0) is 24.0 Å². The molecule has 0 aliphatic carbocycles. The van der Waals surface area contributed by atoms with Crippen molar-refractivity contribution in [3.8, 4) is 0 Å². The van der Waals surface area contributed by atoms with Crippen LogP contribution in [0.3, 0.4) is 0 Å². The average molecular weight is 573 g/mol. The Morgan fingerprint density at radius 1 is 1.26 bits per heavy atom. The quantitative estimate of drug-likeness (QED) is 0.237. The number of alkyl halides is 3. The molecule has 31 heavy (non-hydrogen) atoms. The fraction of sp³-hybridized carbons (Fsp3) is 0.474. The van der Waals surface area contributed by atoms with Gasteiger partial charge < -0.3 is 20.3 Å². The number of aliphatic imine (C=N–C) groups is 1. The summed E-state index contributed by atoms with van der Waals surface area (Å²) in [6.07, 6.45) is -4.45. The molecule has 0 radical (unpaired) electrons. The Bertz CT molecular complexity index is 871. The van der Waals surface area contributed by atoms with Crippen molar-refractivity contribution in [1.29, 1.82) is 0 Å². The van der Waals surface area contributed by atoms with Gasteiger partial charge in [0.1, 0.15) is 10.8 Å². The van der Waals surface area contributed by atoms with Crippen LogP contribution in [0.4, 0.5) is 23.2 Å². The van der Waals surface area contributed by atoms with Crippen molar-refractivity contribution in [2.24, 2.45) is 4.99 Å². The fourth-order valence-corrected chi connectivity index (χ4v) is 3.64. The molecular formula is C19H24F4IN5OS. The summed E-state index contributed by atoms with van der Waals surface area (Å²) in [4.78, 5) is 9.91. The molecular weight excluding hydrogens is 549 g/mol. The Labute approximate surface area is 199 Å². The van der Waals surface area contributed by atoms with Gasteiger partial charge in [-0.2, -0.15) is 13.2 Å². The highest BCUT2D eigenvalue weighted by molar-refractivity contribution is 14.0. The molecule has 0 bridgehead atoms. The van der Waals surface area contributed by atoms with E-state index in [9.17, 15) is 17.6 Å². The van der Waals surface area contributed by atoms with Crippen LogP contribution in [0.15, 0.2) is 28.6 Å². The SMILES string of the molecule is CCNC(=NCc1ccc(N2CCOCC2)c(F)c1)NCc1nc(C(F)(F)F)cs1.I. The third-order valence-electron chi connectivity index (χ3n) is 4.38. The lowest BCUT2D eigenvalue weighted by molar-refractivity contribution is -0.140. The van der Waals surface area contributed by atoms with Gasteiger partial charge in [0.25, 0.3) is 0 Å². The lowest BCUT2D eigenvalue weighted by Gasteiger charge is -2.29. The summed E-state index contributed by atoms with van der Waals surface area (Å²) in [6.45, 7) is 5.23. The van der Waals surface area contributed by atoms with E-state index in [0.29, 0.717) is 55.1 Å². The zero-order chi connectivity index (χ0) is 21.6. The number of halogens is 5. The van der Waals surface area contributed by atoms with Crippen molar-refractivity contribution in [3.05, 3.63) is 45.7 Å². The number of guanidine groups is 1. The number of hydrogen-bond acceptors (Lipinski definition) is 5. The van der Waals surface area contributed by atoms with Crippen LogP contribution in [0, 0.1) is 5.82 Å². The first-order valence-corrected chi connectivity index (χ1v) is 10.4. The monoisotopic (exact) mass is 573 g/mol. The molecule has 0 atom stereocenters. The van der Waals surface area contributed by atoms with E-state index in [4.69, 9.17) is 4.74 Å². The molecule has 1 aromatic heterocycles. The van der Waals surface area contributed by atoms with Gasteiger partial charge in [-0.3, -0.25) is 0 Å². The number of hydrogen-bond donors (Lipinski definition) is 2. The summed E-state index contributed by atoms with van der Waals surface area (Å²) in [5, 5.41) is 7.25. The molecule has 12 heteroatoms. The van der Waals surface area contributed by atoms with Crippen molar-refractivity contribution < 1.29 is 22.3 Å². The van der Waals surface area contributed by atoms with Gasteiger partial charge in [-0.1, -0.05) is 6.07 Å². The minimum absolute atomic E-state index is 0. The molecule has 172 valence electrons. The van der Waals surface area contributed by atoms with Gasteiger partial charge in [-0.05, 0) is 24.6 Å². The summed E-state index contributed by atoms with van der Waals surface area (Å²) >= 11 is 0.928. The molecule has 0 amide bonds. The van der Waals surface area contributed by atoms with Crippen molar-refractivity contribution in [2.75, 3.05) is 37.7 Å². The highest BCUT2D eigenvalue weighted by Crippen LogP contribution is 2.30. The highest BCUT2D eigenvalue weighted by atomic mass is 127. The topological polar surface area (TPSA) is 61.8 Å². The molecule has 2 N–H and O–H groups in total. The number of thiazole rings is 1. The van der Waals surface area contributed by atoms with E-state index in [1.165, 1.54) is 6.07 Å². The van der Waals surface area contributed by atoms with Gasteiger partial charge in [0.15, 0.2) is 11.7 Å². The Kier molecular flexibility index (Phi) is 9.75. The van der Waals surface area contributed by atoms with Gasteiger partial charge >= 0.3 is 6.18 Å². The standard InChI is InChI=1S/C19H23F4N5OS.HI/c1-2-24-18(26-11-17-27-16(12-30-17)19(21,22)23)25-10-13-3-4-15(14(20)9-13)28-5-7-29-8-6-28;/h3-4,9,12H,2,5-8,10-11H2,1H3,(H2,24,25,26);1H. The second-order valence-electron chi connectivity index (χ2n) is 6.56. The first-order chi connectivity index (χ1) is 14.4. The molecule has 2 aromatic rings. The zero-order valence-corrected chi connectivity index (χ0v) is 20.0. The zero-order valence-electron chi connectivity index (χ0n) is 16.8. The van der Waals surface area contributed by atoms with E-state index < -0.39 is 11.9 Å². The number of aromatic nitrogens is 1. The Balaban J connectivity index is 0.00000341. The Morgan fingerprint density at radius 3 is 2.61 bits per heavy atom. The van der Waals surface area contributed by atoms with Crippen LogP contribution in [0.25, 0.3) is 0 Å². The van der Waals surface area contributed by atoms with Crippen LogP contribution >= 0.6 is 35.3 Å². The van der Waals surface area contributed by atoms with E-state index in [2.05, 4.69) is 20.6 Å². The van der Waals surface area contributed by atoms with Gasteiger partial charge in [-0.15, -0.1) is 35.3 Å². The number of benzene rings is 1. The van der Waals surface area contributed by atoms with Crippen molar-refractivity contribution in [3.63, 3.8) is 0 Å². The minimum atomic E-state index is -4.45. The molecule has 1 aliphatic rings. The maximum atomic E-state index is 14.5. The van der Waals surface area contributed by atoms with Gasteiger partial charge in [-0.25, -0.2) is 14.4 Å². The number of nitrogens with one attached hydrogen (secondary N) is 2. The van der Waals surface area contributed by atoms with E-state index in [0.717, 1.165) is 16.7 Å². The summed E-state index contributed by atoms with van der Waals surface area (Å²) in [5.74, 6) is 0.101. The minimum Gasteiger partial charge on any atom is -0.378 e. The van der Waals surface area contributed by atoms with Crippen LogP contribution in [0.2, 0.25) is 0 Å². The van der Waals surface area contributed by atoms with E-state index >= 15 is 0 Å². The molecule has 1 saturated heterocycles. The van der Waals surface area contributed by atoms with E-state index in [1.807, 2.05) is 17.9 Å². The third kappa shape index (κ3) is 7.45. The molecule has 0 unspecified atom stereocenters. The summed E-state index contributed by atoms with van der Waals surface area (Å²) < 4.78 is 57.8. The van der Waals surface area contributed by atoms with Crippen LogP contribution < -0.4 is 15.5 Å². The number of nitrogens with zero attached hydrogens (tertiary/aromatic N) is 3. The van der Waals surface area contributed by atoms with E-state index in [1.54, 1.807) is 6.07 Å². The van der Waals surface area contributed by atoms with Crippen LogP contribution in [0.1, 0.15) is 23.2 Å². The largest absolute Gasteiger partial charge is 0.434 e. The lowest BCUT2D eigenvalue weighted by atomic mass is 10.1. The lowest BCUT2D eigenvalue weighted by Crippen LogP contribution is -2.37. The predicted octanol–water partition coefficient (Wildman–Crippen LogP) is 4.01. The summed E-state index contributed by atoms with van der Waals surface area (Å²) in [5.41, 5.74) is 0.331. The molecule has 0 saturated carbocycles. The number of ether oxygens (including phenoxy) is 1. The molecule has 1 fully saturated rings. The summed E-state index contributed by atoms with van der Waals surface area (Å²) in [6, 6.07) is 5.01.